The minimum Gasteiger partial charge on any atom is -0.481 e. The van der Waals surface area contributed by atoms with Crippen molar-refractivity contribution in [2.45, 2.75) is 31.0 Å². The lowest BCUT2D eigenvalue weighted by Crippen LogP contribution is -2.38. The van der Waals surface area contributed by atoms with E-state index < -0.39 is 30.5 Å². The average molecular weight is 393 g/mol. The third-order valence-corrected chi connectivity index (χ3v) is 4.51. The predicted octanol–water partition coefficient (Wildman–Crippen LogP) is -1.72. The van der Waals surface area contributed by atoms with E-state index in [1.807, 2.05) is 0 Å². The maximum Gasteiger partial charge on any atom is 0.309 e. The van der Waals surface area contributed by atoms with Gasteiger partial charge >= 0.3 is 5.97 Å². The number of nitrogen functional groups attached to an aromatic ring is 1. The number of carbonyl (C=O) groups is 1. The van der Waals surface area contributed by atoms with E-state index in [4.69, 9.17) is 21.3 Å². The van der Waals surface area contributed by atoms with Gasteiger partial charge in [-0.2, -0.15) is 0 Å². The standard InChI is InChI=1S/C16H23N7O5/c1-22(3-2-8(17)4-10(24)25)5-9-12(26)13(27)16(28-9)23-7-21-11-14(18)19-6-20-15(11)23/h2,6-7,9,12-13,16,26-27H,3-5,17H2,1H3,(H,24,25)(H2,18,19,20)/b8-2-/t9-,12-,13-,16-/m1/s1. The Kier molecular flexibility index (Phi) is 5.74. The quantitative estimate of drug-likeness (QED) is 0.360. The number of aliphatic carboxylic acids is 1. The number of fused-ring (bicyclic) bond motifs is 1. The predicted molar refractivity (Wildman–Crippen MR) is 97.7 cm³/mol. The van der Waals surface area contributed by atoms with E-state index in [9.17, 15) is 15.0 Å². The molecule has 12 nitrogen and oxygen atoms in total. The Labute approximate surface area is 160 Å². The summed E-state index contributed by atoms with van der Waals surface area (Å²) in [5.74, 6) is -0.798. The number of rotatable bonds is 7. The van der Waals surface area contributed by atoms with Crippen molar-refractivity contribution in [2.24, 2.45) is 5.73 Å². The van der Waals surface area contributed by atoms with Crippen LogP contribution < -0.4 is 11.5 Å². The SMILES string of the molecule is CN(C/C=C(\N)CC(=O)O)C[C@H]1O[C@@H](n2cnc3c(N)ncnc32)[C@H](O)[C@@H]1O. The van der Waals surface area contributed by atoms with Crippen LogP contribution in [0.3, 0.4) is 0 Å². The van der Waals surface area contributed by atoms with Crippen molar-refractivity contribution in [2.75, 3.05) is 25.9 Å². The number of aliphatic hydroxyl groups excluding tert-OH is 2. The highest BCUT2D eigenvalue weighted by Gasteiger charge is 2.44. The van der Waals surface area contributed by atoms with Crippen LogP contribution in [-0.4, -0.2) is 84.2 Å². The van der Waals surface area contributed by atoms with Crippen LogP contribution in [0.1, 0.15) is 12.6 Å². The monoisotopic (exact) mass is 393 g/mol. The van der Waals surface area contributed by atoms with Gasteiger partial charge in [-0.25, -0.2) is 15.0 Å². The molecule has 0 amide bonds. The van der Waals surface area contributed by atoms with Gasteiger partial charge in [-0.3, -0.25) is 14.3 Å². The number of aliphatic hydroxyl groups is 2. The Bertz CT molecular complexity index is 885. The van der Waals surface area contributed by atoms with Crippen LogP contribution >= 0.6 is 0 Å². The zero-order valence-corrected chi connectivity index (χ0v) is 15.2. The molecule has 152 valence electrons. The lowest BCUT2D eigenvalue weighted by atomic mass is 10.1. The second kappa shape index (κ2) is 8.06. The zero-order chi connectivity index (χ0) is 20.4. The molecule has 7 N–H and O–H groups in total. The minimum absolute atomic E-state index is 0.207. The second-order valence-electron chi connectivity index (χ2n) is 6.70. The van der Waals surface area contributed by atoms with Crippen LogP contribution in [0.15, 0.2) is 24.4 Å². The number of nitrogens with two attached hydrogens (primary N) is 2. The Morgan fingerprint density at radius 1 is 1.36 bits per heavy atom. The molecular weight excluding hydrogens is 370 g/mol. The molecule has 2 aromatic rings. The van der Waals surface area contributed by atoms with E-state index in [1.165, 1.54) is 17.2 Å². The summed E-state index contributed by atoms with van der Waals surface area (Å²) in [6.07, 6.45) is 0.160. The van der Waals surface area contributed by atoms with Crippen LogP contribution in [0.2, 0.25) is 0 Å². The molecule has 0 unspecified atom stereocenters. The van der Waals surface area contributed by atoms with E-state index in [0.717, 1.165) is 0 Å². The number of anilines is 1. The summed E-state index contributed by atoms with van der Waals surface area (Å²) in [7, 11) is 1.76. The van der Waals surface area contributed by atoms with E-state index in [-0.39, 0.29) is 24.5 Å². The van der Waals surface area contributed by atoms with Gasteiger partial charge in [0.1, 0.15) is 30.2 Å². The fraction of sp³-hybridized carbons (Fsp3) is 0.500. The van der Waals surface area contributed by atoms with Crippen molar-refractivity contribution < 1.29 is 24.9 Å². The van der Waals surface area contributed by atoms with Gasteiger partial charge in [-0.1, -0.05) is 6.08 Å². The normalized spacial score (nSPS) is 25.6. The van der Waals surface area contributed by atoms with Gasteiger partial charge in [0.25, 0.3) is 0 Å². The molecule has 4 atom stereocenters. The van der Waals surface area contributed by atoms with Crippen molar-refractivity contribution >= 4 is 23.0 Å². The molecule has 1 saturated heterocycles. The van der Waals surface area contributed by atoms with Crippen molar-refractivity contribution in [3.05, 3.63) is 24.4 Å². The zero-order valence-electron chi connectivity index (χ0n) is 15.2. The second-order valence-corrected chi connectivity index (χ2v) is 6.70. The number of likely N-dealkylation sites (N-methyl/N-ethyl adjacent to an activating group) is 1. The van der Waals surface area contributed by atoms with Crippen molar-refractivity contribution in [3.63, 3.8) is 0 Å². The summed E-state index contributed by atoms with van der Waals surface area (Å²) < 4.78 is 7.36. The van der Waals surface area contributed by atoms with Gasteiger partial charge in [-0.05, 0) is 7.05 Å². The number of hydrogen-bond donors (Lipinski definition) is 5. The first-order valence-corrected chi connectivity index (χ1v) is 8.57. The van der Waals surface area contributed by atoms with Crippen molar-refractivity contribution in [1.82, 2.24) is 24.4 Å². The van der Waals surface area contributed by atoms with Gasteiger partial charge < -0.3 is 31.5 Å². The lowest BCUT2D eigenvalue weighted by Gasteiger charge is -2.21. The molecule has 0 bridgehead atoms. The Morgan fingerprint density at radius 2 is 2.11 bits per heavy atom. The van der Waals surface area contributed by atoms with Gasteiger partial charge in [0, 0.05) is 18.8 Å². The minimum atomic E-state index is -1.19. The molecule has 1 fully saturated rings. The summed E-state index contributed by atoms with van der Waals surface area (Å²) in [5.41, 5.74) is 12.4. The maximum atomic E-state index is 10.6. The first-order chi connectivity index (χ1) is 13.3. The first-order valence-electron chi connectivity index (χ1n) is 8.57. The van der Waals surface area contributed by atoms with E-state index in [0.29, 0.717) is 17.7 Å². The molecule has 0 spiro atoms. The number of carboxylic acids is 1. The Balaban J connectivity index is 1.68. The van der Waals surface area contributed by atoms with Gasteiger partial charge in [0.15, 0.2) is 17.7 Å². The van der Waals surface area contributed by atoms with E-state index in [1.54, 1.807) is 18.0 Å². The molecule has 0 radical (unpaired) electrons. The van der Waals surface area contributed by atoms with Crippen LogP contribution in [0.25, 0.3) is 11.2 Å². The van der Waals surface area contributed by atoms with E-state index in [2.05, 4.69) is 15.0 Å². The Hall–Kier alpha value is -2.80. The van der Waals surface area contributed by atoms with Crippen molar-refractivity contribution in [3.8, 4) is 0 Å². The highest BCUT2D eigenvalue weighted by Crippen LogP contribution is 2.32. The highest BCUT2D eigenvalue weighted by atomic mass is 16.6. The van der Waals surface area contributed by atoms with Gasteiger partial charge in [0.05, 0.1) is 12.7 Å². The van der Waals surface area contributed by atoms with E-state index >= 15 is 0 Å². The number of hydrogen-bond acceptors (Lipinski definition) is 10. The number of nitrogens with zero attached hydrogens (tertiary/aromatic N) is 5. The molecule has 1 aliphatic heterocycles. The van der Waals surface area contributed by atoms with Crippen LogP contribution in [0.5, 0.6) is 0 Å². The molecular formula is C16H23N7O5. The van der Waals surface area contributed by atoms with Crippen molar-refractivity contribution in [1.29, 1.82) is 0 Å². The largest absolute Gasteiger partial charge is 0.481 e. The molecule has 3 heterocycles. The van der Waals surface area contributed by atoms with Crippen LogP contribution in [-0.2, 0) is 9.53 Å². The molecule has 1 aliphatic rings. The summed E-state index contributed by atoms with van der Waals surface area (Å²) in [5, 5.41) is 29.5. The third-order valence-electron chi connectivity index (χ3n) is 4.51. The molecule has 28 heavy (non-hydrogen) atoms. The topological polar surface area (TPSA) is 186 Å². The molecule has 2 aromatic heterocycles. The third kappa shape index (κ3) is 4.04. The first kappa shape index (κ1) is 19.9. The summed E-state index contributed by atoms with van der Waals surface area (Å²) in [6, 6.07) is 0. The molecule has 0 aliphatic carbocycles. The highest BCUT2D eigenvalue weighted by molar-refractivity contribution is 5.81. The van der Waals surface area contributed by atoms with Gasteiger partial charge in [0.2, 0.25) is 0 Å². The molecule has 3 rings (SSSR count). The van der Waals surface area contributed by atoms with Gasteiger partial charge in [-0.15, -0.1) is 0 Å². The summed E-state index contributed by atoms with van der Waals surface area (Å²) >= 11 is 0. The molecule has 0 saturated carbocycles. The maximum absolute atomic E-state index is 10.6. The summed E-state index contributed by atoms with van der Waals surface area (Å²) in [6.45, 7) is 0.652. The lowest BCUT2D eigenvalue weighted by molar-refractivity contribution is -0.136. The smallest absolute Gasteiger partial charge is 0.309 e. The Morgan fingerprint density at radius 3 is 2.82 bits per heavy atom. The number of ether oxygens (including phenoxy) is 1. The number of aromatic nitrogens is 4. The fourth-order valence-electron chi connectivity index (χ4n) is 3.07. The molecule has 12 heteroatoms. The van der Waals surface area contributed by atoms with Crippen LogP contribution in [0.4, 0.5) is 5.82 Å². The molecule has 0 aromatic carbocycles. The summed E-state index contributed by atoms with van der Waals surface area (Å²) in [4.78, 5) is 24.6. The number of imidazole rings is 1. The fourth-order valence-corrected chi connectivity index (χ4v) is 3.07. The van der Waals surface area contributed by atoms with Crippen LogP contribution in [0, 0.1) is 0 Å². The average Bonchev–Trinajstić information content (AvgIpc) is 3.17. The number of carboxylic acid groups (broad SMARTS) is 1.